The van der Waals surface area contributed by atoms with Crippen LogP contribution in [0.3, 0.4) is 0 Å². The van der Waals surface area contributed by atoms with E-state index in [1.165, 1.54) is 0 Å². The molecule has 3 nitrogen and oxygen atoms in total. The lowest BCUT2D eigenvalue weighted by molar-refractivity contribution is -0.145. The fraction of sp³-hybridized carbons (Fsp3) is 0.917. The van der Waals surface area contributed by atoms with Crippen molar-refractivity contribution in [2.45, 2.75) is 53.0 Å². The number of carbonyl (C=O) groups is 1. The van der Waals surface area contributed by atoms with Crippen LogP contribution < -0.4 is 0 Å². The van der Waals surface area contributed by atoms with Gasteiger partial charge in [0.2, 0.25) is 0 Å². The Morgan fingerprint density at radius 1 is 1.27 bits per heavy atom. The predicted molar refractivity (Wildman–Crippen MR) is 62.9 cm³/mol. The van der Waals surface area contributed by atoms with Crippen LogP contribution in [0.25, 0.3) is 0 Å². The van der Waals surface area contributed by atoms with Gasteiger partial charge in [-0.2, -0.15) is 0 Å². The number of ether oxygens (including phenoxy) is 1. The number of hydrogen-bond acceptors (Lipinski definition) is 3. The summed E-state index contributed by atoms with van der Waals surface area (Å²) in [6.45, 7) is 10.2. The summed E-state index contributed by atoms with van der Waals surface area (Å²) < 4.78 is 4.97. The van der Waals surface area contributed by atoms with Gasteiger partial charge in [0, 0.05) is 6.04 Å². The molecule has 1 atom stereocenters. The maximum Gasteiger partial charge on any atom is 0.320 e. The lowest BCUT2D eigenvalue weighted by Gasteiger charge is -2.27. The molecule has 0 aromatic rings. The zero-order valence-corrected chi connectivity index (χ0v) is 10.6. The first-order valence-corrected chi connectivity index (χ1v) is 6.05. The third kappa shape index (κ3) is 6.50. The first-order chi connectivity index (χ1) is 7.15. The van der Waals surface area contributed by atoms with Gasteiger partial charge < -0.3 is 4.74 Å². The summed E-state index contributed by atoms with van der Waals surface area (Å²) in [6, 6.07) is 0.472. The molecule has 0 fully saturated rings. The van der Waals surface area contributed by atoms with Gasteiger partial charge in [0.15, 0.2) is 0 Å². The second kappa shape index (κ2) is 8.72. The van der Waals surface area contributed by atoms with E-state index in [0.29, 0.717) is 19.2 Å². The Kier molecular flexibility index (Phi) is 8.38. The van der Waals surface area contributed by atoms with Crippen LogP contribution >= 0.6 is 0 Å². The molecule has 0 saturated heterocycles. The zero-order chi connectivity index (χ0) is 11.7. The van der Waals surface area contributed by atoms with Crippen molar-refractivity contribution >= 4 is 5.97 Å². The van der Waals surface area contributed by atoms with Crippen molar-refractivity contribution in [2.75, 3.05) is 19.7 Å². The number of nitrogens with zero attached hydrogens (tertiary/aromatic N) is 1. The van der Waals surface area contributed by atoms with E-state index in [9.17, 15) is 4.79 Å². The van der Waals surface area contributed by atoms with E-state index >= 15 is 0 Å². The molecule has 0 aromatic carbocycles. The molecule has 0 aliphatic rings. The van der Waals surface area contributed by atoms with Crippen LogP contribution in [-0.2, 0) is 9.53 Å². The van der Waals surface area contributed by atoms with E-state index in [2.05, 4.69) is 25.7 Å². The topological polar surface area (TPSA) is 29.5 Å². The van der Waals surface area contributed by atoms with Crippen molar-refractivity contribution in [3.8, 4) is 0 Å². The molecule has 1 unspecified atom stereocenters. The minimum atomic E-state index is -0.103. The molecule has 0 spiro atoms. The zero-order valence-electron chi connectivity index (χ0n) is 10.6. The van der Waals surface area contributed by atoms with Crippen LogP contribution in [0.4, 0.5) is 0 Å². The van der Waals surface area contributed by atoms with E-state index in [1.807, 2.05) is 6.92 Å². The number of hydrogen-bond donors (Lipinski definition) is 0. The standard InChI is InChI=1S/C12H25NO2/c1-5-8-11(4)13(9-6-2)10-12(14)15-7-3/h11H,5-10H2,1-4H3. The highest BCUT2D eigenvalue weighted by Gasteiger charge is 2.16. The van der Waals surface area contributed by atoms with Crippen molar-refractivity contribution in [1.29, 1.82) is 0 Å². The Balaban J connectivity index is 4.07. The summed E-state index contributed by atoms with van der Waals surface area (Å²) >= 11 is 0. The van der Waals surface area contributed by atoms with Crippen molar-refractivity contribution < 1.29 is 9.53 Å². The Morgan fingerprint density at radius 3 is 2.40 bits per heavy atom. The minimum Gasteiger partial charge on any atom is -0.465 e. The van der Waals surface area contributed by atoms with Crippen molar-refractivity contribution in [2.24, 2.45) is 0 Å². The normalized spacial score (nSPS) is 12.9. The number of esters is 1. The van der Waals surface area contributed by atoms with Gasteiger partial charge >= 0.3 is 5.97 Å². The summed E-state index contributed by atoms with van der Waals surface area (Å²) in [5, 5.41) is 0. The lowest BCUT2D eigenvalue weighted by Crippen LogP contribution is -2.38. The molecule has 0 aliphatic carbocycles. The minimum absolute atomic E-state index is 0.103. The van der Waals surface area contributed by atoms with Crippen LogP contribution in [0.2, 0.25) is 0 Å². The molecular weight excluding hydrogens is 190 g/mol. The Bertz CT molecular complexity index is 171. The summed E-state index contributed by atoms with van der Waals surface area (Å²) in [5.74, 6) is -0.103. The summed E-state index contributed by atoms with van der Waals surface area (Å²) in [5.41, 5.74) is 0. The fourth-order valence-electron chi connectivity index (χ4n) is 1.72. The van der Waals surface area contributed by atoms with E-state index in [-0.39, 0.29) is 5.97 Å². The van der Waals surface area contributed by atoms with Gasteiger partial charge in [0.25, 0.3) is 0 Å². The molecular formula is C12H25NO2. The van der Waals surface area contributed by atoms with Crippen LogP contribution in [0.1, 0.15) is 47.0 Å². The smallest absolute Gasteiger partial charge is 0.320 e. The highest BCUT2D eigenvalue weighted by Crippen LogP contribution is 2.07. The molecule has 0 amide bonds. The highest BCUT2D eigenvalue weighted by molar-refractivity contribution is 5.71. The van der Waals surface area contributed by atoms with Crippen LogP contribution in [-0.4, -0.2) is 36.6 Å². The van der Waals surface area contributed by atoms with Crippen molar-refractivity contribution in [1.82, 2.24) is 4.90 Å². The summed E-state index contributed by atoms with van der Waals surface area (Å²) in [6.07, 6.45) is 3.37. The average Bonchev–Trinajstić information content (AvgIpc) is 2.18. The average molecular weight is 215 g/mol. The molecule has 0 bridgehead atoms. The SMILES string of the molecule is CCCC(C)N(CCC)CC(=O)OCC. The van der Waals surface area contributed by atoms with E-state index in [0.717, 1.165) is 25.8 Å². The molecule has 0 aromatic heterocycles. The first-order valence-electron chi connectivity index (χ1n) is 6.05. The molecule has 0 N–H and O–H groups in total. The monoisotopic (exact) mass is 215 g/mol. The Labute approximate surface area is 93.8 Å². The first kappa shape index (κ1) is 14.4. The molecule has 3 heteroatoms. The van der Waals surface area contributed by atoms with Gasteiger partial charge in [-0.1, -0.05) is 20.3 Å². The summed E-state index contributed by atoms with van der Waals surface area (Å²) in [7, 11) is 0. The quantitative estimate of drug-likeness (QED) is 0.582. The van der Waals surface area contributed by atoms with Gasteiger partial charge in [-0.3, -0.25) is 9.69 Å². The van der Waals surface area contributed by atoms with Crippen molar-refractivity contribution in [3.05, 3.63) is 0 Å². The molecule has 0 aliphatic heterocycles. The predicted octanol–water partition coefficient (Wildman–Crippen LogP) is 2.45. The van der Waals surface area contributed by atoms with Gasteiger partial charge in [0.1, 0.15) is 0 Å². The van der Waals surface area contributed by atoms with Crippen LogP contribution in [0.15, 0.2) is 0 Å². The van der Waals surface area contributed by atoms with E-state index in [1.54, 1.807) is 0 Å². The third-order valence-electron chi connectivity index (χ3n) is 2.48. The second-order valence-electron chi connectivity index (χ2n) is 3.91. The Morgan fingerprint density at radius 2 is 1.93 bits per heavy atom. The number of rotatable bonds is 8. The molecule has 0 rings (SSSR count). The largest absolute Gasteiger partial charge is 0.465 e. The van der Waals surface area contributed by atoms with Gasteiger partial charge in [-0.15, -0.1) is 0 Å². The Hall–Kier alpha value is -0.570. The van der Waals surface area contributed by atoms with Crippen LogP contribution in [0, 0.1) is 0 Å². The maximum atomic E-state index is 11.4. The van der Waals surface area contributed by atoms with Crippen LogP contribution in [0.5, 0.6) is 0 Å². The molecule has 90 valence electrons. The van der Waals surface area contributed by atoms with Crippen molar-refractivity contribution in [3.63, 3.8) is 0 Å². The molecule has 15 heavy (non-hydrogen) atoms. The van der Waals surface area contributed by atoms with Gasteiger partial charge in [-0.25, -0.2) is 0 Å². The number of carbonyl (C=O) groups excluding carboxylic acids is 1. The summed E-state index contributed by atoms with van der Waals surface area (Å²) in [4.78, 5) is 13.6. The molecule has 0 heterocycles. The molecule has 0 saturated carbocycles. The fourth-order valence-corrected chi connectivity index (χ4v) is 1.72. The maximum absolute atomic E-state index is 11.4. The van der Waals surface area contributed by atoms with E-state index < -0.39 is 0 Å². The highest BCUT2D eigenvalue weighted by atomic mass is 16.5. The van der Waals surface area contributed by atoms with Gasteiger partial charge in [0.05, 0.1) is 13.2 Å². The molecule has 0 radical (unpaired) electrons. The lowest BCUT2D eigenvalue weighted by atomic mass is 10.1. The third-order valence-corrected chi connectivity index (χ3v) is 2.48. The van der Waals surface area contributed by atoms with Gasteiger partial charge in [-0.05, 0) is 33.2 Å². The van der Waals surface area contributed by atoms with E-state index in [4.69, 9.17) is 4.74 Å². The second-order valence-corrected chi connectivity index (χ2v) is 3.91.